The molecule has 4 nitrogen and oxygen atoms in total. The summed E-state index contributed by atoms with van der Waals surface area (Å²) in [6, 6.07) is 10.2. The second-order valence-electron chi connectivity index (χ2n) is 3.08. The molecule has 0 heterocycles. The van der Waals surface area contributed by atoms with Crippen LogP contribution in [-0.2, 0) is 4.79 Å². The smallest absolute Gasteiger partial charge is 0.235 e. The number of hydrogen-bond acceptors (Lipinski definition) is 3. The molecule has 0 saturated heterocycles. The van der Waals surface area contributed by atoms with E-state index in [0.717, 1.165) is 0 Å². The van der Waals surface area contributed by atoms with Crippen LogP contribution in [0, 0.1) is 17.2 Å². The highest BCUT2D eigenvalue weighted by Crippen LogP contribution is 2.09. The number of rotatable bonds is 4. The number of hydrogen-bond donors (Lipinski definition) is 1. The molecule has 1 rings (SSSR count). The summed E-state index contributed by atoms with van der Waals surface area (Å²) >= 11 is 0. The molecule has 76 valence electrons. The zero-order valence-corrected chi connectivity index (χ0v) is 8.01. The topological polar surface area (TPSA) is 83.9 Å². The van der Waals surface area contributed by atoms with Crippen LogP contribution in [-0.4, -0.2) is 11.7 Å². The van der Waals surface area contributed by atoms with Gasteiger partial charge in [-0.25, -0.2) is 0 Å². The number of nitrogens with two attached hydrogens (primary N) is 1. The molecule has 1 atom stereocenters. The van der Waals surface area contributed by atoms with Crippen LogP contribution in [0.25, 0.3) is 0 Å². The van der Waals surface area contributed by atoms with Crippen molar-refractivity contribution in [3.05, 3.63) is 35.9 Å². The highest BCUT2D eigenvalue weighted by atomic mass is 16.1. The second kappa shape index (κ2) is 4.91. The van der Waals surface area contributed by atoms with Crippen molar-refractivity contribution in [1.82, 2.24) is 0 Å². The van der Waals surface area contributed by atoms with Gasteiger partial charge in [0, 0.05) is 12.0 Å². The summed E-state index contributed by atoms with van der Waals surface area (Å²) in [7, 11) is 0. The molecule has 4 heteroatoms. The average molecular weight is 202 g/mol. The van der Waals surface area contributed by atoms with E-state index < -0.39 is 11.8 Å². The number of nitrogens with zero attached hydrogens (tertiary/aromatic N) is 1. The Balaban J connectivity index is 2.73. The molecule has 0 radical (unpaired) electrons. The van der Waals surface area contributed by atoms with Crippen molar-refractivity contribution in [2.75, 3.05) is 0 Å². The van der Waals surface area contributed by atoms with Crippen LogP contribution < -0.4 is 5.73 Å². The molecular formula is C11H10N2O2. The number of nitriles is 1. The summed E-state index contributed by atoms with van der Waals surface area (Å²) in [6.07, 6.45) is -0.157. The van der Waals surface area contributed by atoms with Gasteiger partial charge in [-0.3, -0.25) is 9.59 Å². The molecule has 1 unspecified atom stereocenters. The predicted octanol–water partition coefficient (Wildman–Crippen LogP) is 0.884. The molecule has 0 spiro atoms. The second-order valence-corrected chi connectivity index (χ2v) is 3.08. The van der Waals surface area contributed by atoms with Crippen molar-refractivity contribution in [3.63, 3.8) is 0 Å². The van der Waals surface area contributed by atoms with Crippen LogP contribution in [0.1, 0.15) is 16.8 Å². The Labute approximate surface area is 87.3 Å². The maximum Gasteiger partial charge on any atom is 0.235 e. The van der Waals surface area contributed by atoms with Gasteiger partial charge in [-0.1, -0.05) is 30.3 Å². The number of benzene rings is 1. The zero-order valence-electron chi connectivity index (χ0n) is 8.01. The Bertz CT molecular complexity index is 406. The normalized spacial score (nSPS) is 11.4. The summed E-state index contributed by atoms with van der Waals surface area (Å²) in [5, 5.41) is 8.59. The van der Waals surface area contributed by atoms with Gasteiger partial charge in [0.25, 0.3) is 0 Å². The van der Waals surface area contributed by atoms with Crippen LogP contribution >= 0.6 is 0 Å². The number of amides is 1. The Morgan fingerprint density at radius 3 is 2.40 bits per heavy atom. The van der Waals surface area contributed by atoms with Crippen molar-refractivity contribution in [3.8, 4) is 6.07 Å². The largest absolute Gasteiger partial charge is 0.369 e. The van der Waals surface area contributed by atoms with Gasteiger partial charge in [0.2, 0.25) is 5.91 Å². The fraction of sp³-hybridized carbons (Fsp3) is 0.182. The third-order valence-corrected chi connectivity index (χ3v) is 1.98. The lowest BCUT2D eigenvalue weighted by atomic mass is 9.99. The lowest BCUT2D eigenvalue weighted by Crippen LogP contribution is -2.24. The first-order valence-electron chi connectivity index (χ1n) is 4.42. The van der Waals surface area contributed by atoms with Crippen LogP contribution in [0.15, 0.2) is 30.3 Å². The van der Waals surface area contributed by atoms with Gasteiger partial charge in [-0.05, 0) is 0 Å². The maximum absolute atomic E-state index is 11.6. The lowest BCUT2D eigenvalue weighted by Gasteiger charge is -2.03. The molecule has 1 aromatic carbocycles. The Hall–Kier alpha value is -2.15. The highest BCUT2D eigenvalue weighted by Gasteiger charge is 2.19. The first-order chi connectivity index (χ1) is 7.15. The lowest BCUT2D eigenvalue weighted by molar-refractivity contribution is -0.120. The molecule has 0 bridgehead atoms. The molecule has 15 heavy (non-hydrogen) atoms. The van der Waals surface area contributed by atoms with Gasteiger partial charge >= 0.3 is 0 Å². The van der Waals surface area contributed by atoms with Gasteiger partial charge in [-0.2, -0.15) is 5.26 Å². The van der Waals surface area contributed by atoms with E-state index in [-0.39, 0.29) is 12.2 Å². The van der Waals surface area contributed by atoms with Gasteiger partial charge < -0.3 is 5.73 Å². The Morgan fingerprint density at radius 2 is 1.93 bits per heavy atom. The van der Waals surface area contributed by atoms with Gasteiger partial charge in [0.05, 0.1) is 6.07 Å². The molecule has 1 amide bonds. The van der Waals surface area contributed by atoms with E-state index in [1.807, 2.05) is 0 Å². The van der Waals surface area contributed by atoms with Crippen molar-refractivity contribution < 1.29 is 9.59 Å². The third-order valence-electron chi connectivity index (χ3n) is 1.98. The number of ketones is 1. The monoisotopic (exact) mass is 202 g/mol. The minimum Gasteiger partial charge on any atom is -0.369 e. The Kier molecular flexibility index (Phi) is 3.58. The number of carbonyl (C=O) groups excluding carboxylic acids is 2. The number of primary amides is 1. The molecule has 2 N–H and O–H groups in total. The minimum atomic E-state index is -1.04. The van der Waals surface area contributed by atoms with Gasteiger partial charge in [-0.15, -0.1) is 0 Å². The first-order valence-corrected chi connectivity index (χ1v) is 4.42. The SMILES string of the molecule is N#CC(CC(=O)c1ccccc1)C(N)=O. The molecule has 0 aliphatic carbocycles. The van der Waals surface area contributed by atoms with Crippen molar-refractivity contribution in [2.24, 2.45) is 11.7 Å². The van der Waals surface area contributed by atoms with E-state index in [0.29, 0.717) is 5.56 Å². The van der Waals surface area contributed by atoms with E-state index in [2.05, 4.69) is 0 Å². The standard InChI is InChI=1S/C11H10N2O2/c12-7-9(11(13)15)6-10(14)8-4-2-1-3-5-8/h1-5,9H,6H2,(H2,13,15). The molecule has 0 aliphatic heterocycles. The summed E-state index contributed by atoms with van der Waals surface area (Å²) in [6.45, 7) is 0. The quantitative estimate of drug-likeness (QED) is 0.735. The van der Waals surface area contributed by atoms with Crippen molar-refractivity contribution in [2.45, 2.75) is 6.42 Å². The maximum atomic E-state index is 11.6. The van der Waals surface area contributed by atoms with E-state index in [4.69, 9.17) is 11.0 Å². The van der Waals surface area contributed by atoms with E-state index in [9.17, 15) is 9.59 Å². The predicted molar refractivity (Wildman–Crippen MR) is 53.7 cm³/mol. The van der Waals surface area contributed by atoms with Crippen molar-refractivity contribution in [1.29, 1.82) is 5.26 Å². The third kappa shape index (κ3) is 2.92. The van der Waals surface area contributed by atoms with E-state index in [1.54, 1.807) is 36.4 Å². The van der Waals surface area contributed by atoms with Crippen LogP contribution in [0.3, 0.4) is 0 Å². The van der Waals surface area contributed by atoms with Gasteiger partial charge in [0.1, 0.15) is 5.92 Å². The van der Waals surface area contributed by atoms with E-state index >= 15 is 0 Å². The summed E-state index contributed by atoms with van der Waals surface area (Å²) < 4.78 is 0. The van der Waals surface area contributed by atoms with E-state index in [1.165, 1.54) is 0 Å². The highest BCUT2D eigenvalue weighted by molar-refractivity contribution is 5.98. The molecule has 1 aromatic rings. The Morgan fingerprint density at radius 1 is 1.33 bits per heavy atom. The van der Waals surface area contributed by atoms with Crippen LogP contribution in [0.5, 0.6) is 0 Å². The fourth-order valence-electron chi connectivity index (χ4n) is 1.14. The number of Topliss-reactive ketones (excluding diaryl/α,β-unsaturated/α-hetero) is 1. The van der Waals surface area contributed by atoms with Gasteiger partial charge in [0.15, 0.2) is 5.78 Å². The first kappa shape index (κ1) is 10.9. The summed E-state index contributed by atoms with van der Waals surface area (Å²) in [5.74, 6) is -2.06. The molecule has 0 aliphatic rings. The number of carbonyl (C=O) groups is 2. The van der Waals surface area contributed by atoms with Crippen molar-refractivity contribution >= 4 is 11.7 Å². The average Bonchev–Trinajstić information content (AvgIpc) is 2.26. The fourth-order valence-corrected chi connectivity index (χ4v) is 1.14. The summed E-state index contributed by atoms with van der Waals surface area (Å²) in [5.41, 5.74) is 5.45. The molecule has 0 fully saturated rings. The summed E-state index contributed by atoms with van der Waals surface area (Å²) in [4.78, 5) is 22.3. The van der Waals surface area contributed by atoms with Crippen LogP contribution in [0.2, 0.25) is 0 Å². The molecule has 0 aromatic heterocycles. The molecular weight excluding hydrogens is 192 g/mol. The minimum absolute atomic E-state index is 0.157. The van der Waals surface area contributed by atoms with Crippen LogP contribution in [0.4, 0.5) is 0 Å². The molecule has 0 saturated carbocycles. The zero-order chi connectivity index (χ0) is 11.3.